The van der Waals surface area contributed by atoms with Gasteiger partial charge in [0.15, 0.2) is 0 Å². The summed E-state index contributed by atoms with van der Waals surface area (Å²) in [6, 6.07) is 5.08. The monoisotopic (exact) mass is 381 g/mol. The lowest BCUT2D eigenvalue weighted by molar-refractivity contribution is 0.0942. The van der Waals surface area contributed by atoms with Crippen molar-refractivity contribution in [1.29, 1.82) is 0 Å². The van der Waals surface area contributed by atoms with Crippen molar-refractivity contribution in [3.8, 4) is 0 Å². The highest BCUT2D eigenvalue weighted by Crippen LogP contribution is 2.16. The van der Waals surface area contributed by atoms with E-state index in [4.69, 9.17) is 0 Å². The molecule has 0 aliphatic heterocycles. The standard InChI is InChI=1S/C12H16INO3S/c1-8-5-4-6-10(11(8)13)12(15)14-9(2)7-18(3,16)17/h4-6,9H,7H2,1-3H3,(H,14,15). The van der Waals surface area contributed by atoms with Crippen molar-refractivity contribution < 1.29 is 13.2 Å². The molecule has 0 saturated heterocycles. The lowest BCUT2D eigenvalue weighted by Crippen LogP contribution is -2.37. The van der Waals surface area contributed by atoms with Gasteiger partial charge in [-0.05, 0) is 48.1 Å². The molecular formula is C12H16INO3S. The summed E-state index contributed by atoms with van der Waals surface area (Å²) in [5.74, 6) is -0.291. The van der Waals surface area contributed by atoms with Crippen LogP contribution in [0.4, 0.5) is 0 Å². The van der Waals surface area contributed by atoms with E-state index in [9.17, 15) is 13.2 Å². The van der Waals surface area contributed by atoms with Gasteiger partial charge in [0.05, 0.1) is 11.3 Å². The van der Waals surface area contributed by atoms with Crippen molar-refractivity contribution in [1.82, 2.24) is 5.32 Å². The van der Waals surface area contributed by atoms with Gasteiger partial charge in [0.25, 0.3) is 5.91 Å². The Morgan fingerprint density at radius 1 is 1.44 bits per heavy atom. The van der Waals surface area contributed by atoms with Gasteiger partial charge in [-0.3, -0.25) is 4.79 Å². The van der Waals surface area contributed by atoms with Crippen LogP contribution in [0.1, 0.15) is 22.8 Å². The normalized spacial score (nSPS) is 13.1. The summed E-state index contributed by atoms with van der Waals surface area (Å²) in [7, 11) is -3.09. The predicted molar refractivity (Wildman–Crippen MR) is 80.5 cm³/mol. The Hall–Kier alpha value is -0.630. The molecule has 1 amide bonds. The largest absolute Gasteiger partial charge is 0.349 e. The van der Waals surface area contributed by atoms with E-state index < -0.39 is 15.9 Å². The maximum absolute atomic E-state index is 12.0. The molecule has 1 aromatic carbocycles. The second kappa shape index (κ2) is 6.01. The number of hydrogen-bond donors (Lipinski definition) is 1. The third-order valence-corrected chi connectivity index (χ3v) is 4.90. The summed E-state index contributed by atoms with van der Waals surface area (Å²) in [6.45, 7) is 3.61. The van der Waals surface area contributed by atoms with Crippen molar-refractivity contribution in [3.63, 3.8) is 0 Å². The van der Waals surface area contributed by atoms with Crippen molar-refractivity contribution in [2.24, 2.45) is 0 Å². The third kappa shape index (κ3) is 4.56. The number of nitrogens with one attached hydrogen (secondary N) is 1. The van der Waals surface area contributed by atoms with Crippen LogP contribution < -0.4 is 5.32 Å². The number of hydrogen-bond acceptors (Lipinski definition) is 3. The van der Waals surface area contributed by atoms with Crippen LogP contribution in [-0.4, -0.2) is 32.4 Å². The Morgan fingerprint density at radius 2 is 2.06 bits per heavy atom. The van der Waals surface area contributed by atoms with Crippen LogP contribution in [0, 0.1) is 10.5 Å². The van der Waals surface area contributed by atoms with E-state index in [0.717, 1.165) is 15.4 Å². The molecule has 0 heterocycles. The SMILES string of the molecule is Cc1cccc(C(=O)NC(C)CS(C)(=O)=O)c1I. The van der Waals surface area contributed by atoms with Gasteiger partial charge < -0.3 is 5.32 Å². The Bertz CT molecular complexity index is 554. The number of sulfone groups is 1. The molecule has 1 aromatic rings. The van der Waals surface area contributed by atoms with Crippen LogP contribution in [0.2, 0.25) is 0 Å². The van der Waals surface area contributed by atoms with Crippen LogP contribution in [-0.2, 0) is 9.84 Å². The van der Waals surface area contributed by atoms with Crippen LogP contribution in [0.5, 0.6) is 0 Å². The Balaban J connectivity index is 2.80. The summed E-state index contributed by atoms with van der Waals surface area (Å²) in [5, 5.41) is 2.70. The first-order chi connectivity index (χ1) is 8.20. The molecule has 0 spiro atoms. The van der Waals surface area contributed by atoms with E-state index in [2.05, 4.69) is 27.9 Å². The average Bonchev–Trinajstić information content (AvgIpc) is 2.18. The molecular weight excluding hydrogens is 365 g/mol. The summed E-state index contributed by atoms with van der Waals surface area (Å²) in [6.07, 6.45) is 1.16. The van der Waals surface area contributed by atoms with Crippen molar-refractivity contribution in [2.75, 3.05) is 12.0 Å². The lowest BCUT2D eigenvalue weighted by atomic mass is 10.1. The first-order valence-electron chi connectivity index (χ1n) is 5.44. The second-order valence-electron chi connectivity index (χ2n) is 4.40. The number of carbonyl (C=O) groups is 1. The molecule has 0 radical (unpaired) electrons. The molecule has 100 valence electrons. The van der Waals surface area contributed by atoms with Gasteiger partial charge in [0.1, 0.15) is 9.84 Å². The van der Waals surface area contributed by atoms with E-state index in [1.807, 2.05) is 19.1 Å². The molecule has 0 aromatic heterocycles. The van der Waals surface area contributed by atoms with Crippen molar-refractivity contribution in [2.45, 2.75) is 19.9 Å². The molecule has 1 N–H and O–H groups in total. The zero-order valence-corrected chi connectivity index (χ0v) is 13.5. The second-order valence-corrected chi connectivity index (χ2v) is 7.67. The molecule has 1 unspecified atom stereocenters. The smallest absolute Gasteiger partial charge is 0.252 e. The number of benzene rings is 1. The fourth-order valence-corrected chi connectivity index (χ4v) is 3.22. The summed E-state index contributed by atoms with van der Waals surface area (Å²) in [4.78, 5) is 12.0. The molecule has 0 aliphatic carbocycles. The number of halogens is 1. The molecule has 1 atom stereocenters. The van der Waals surface area contributed by atoms with E-state index in [1.54, 1.807) is 13.0 Å². The van der Waals surface area contributed by atoms with E-state index in [0.29, 0.717) is 5.56 Å². The van der Waals surface area contributed by atoms with Gasteiger partial charge in [-0.15, -0.1) is 0 Å². The topological polar surface area (TPSA) is 63.2 Å². The lowest BCUT2D eigenvalue weighted by Gasteiger charge is -2.14. The molecule has 0 aliphatic rings. The Kier molecular flexibility index (Phi) is 5.15. The fraction of sp³-hybridized carbons (Fsp3) is 0.417. The zero-order chi connectivity index (χ0) is 13.9. The van der Waals surface area contributed by atoms with Gasteiger partial charge >= 0.3 is 0 Å². The van der Waals surface area contributed by atoms with Crippen molar-refractivity contribution >= 4 is 38.3 Å². The Morgan fingerprint density at radius 3 is 2.61 bits per heavy atom. The molecule has 18 heavy (non-hydrogen) atoms. The number of carbonyl (C=O) groups excluding carboxylic acids is 1. The number of rotatable bonds is 4. The minimum Gasteiger partial charge on any atom is -0.349 e. The van der Waals surface area contributed by atoms with Gasteiger partial charge in [0.2, 0.25) is 0 Å². The maximum atomic E-state index is 12.0. The molecule has 4 nitrogen and oxygen atoms in total. The van der Waals surface area contributed by atoms with Crippen LogP contribution in [0.25, 0.3) is 0 Å². The molecule has 1 rings (SSSR count). The summed E-state index contributed by atoms with van der Waals surface area (Å²) >= 11 is 2.12. The average molecular weight is 381 g/mol. The molecule has 0 fully saturated rings. The minimum absolute atomic E-state index is 0.0544. The highest BCUT2D eigenvalue weighted by Gasteiger charge is 2.16. The van der Waals surface area contributed by atoms with Crippen molar-refractivity contribution in [3.05, 3.63) is 32.9 Å². The fourth-order valence-electron chi connectivity index (χ4n) is 1.62. The minimum atomic E-state index is -3.09. The third-order valence-electron chi connectivity index (χ3n) is 2.37. The van der Waals surface area contributed by atoms with Crippen LogP contribution >= 0.6 is 22.6 Å². The Labute approximate surface area is 121 Å². The van der Waals surface area contributed by atoms with Gasteiger partial charge in [-0.25, -0.2) is 8.42 Å². The quantitative estimate of drug-likeness (QED) is 0.809. The maximum Gasteiger partial charge on any atom is 0.252 e. The van der Waals surface area contributed by atoms with E-state index in [1.165, 1.54) is 0 Å². The predicted octanol–water partition coefficient (Wildman–Crippen LogP) is 1.76. The summed E-state index contributed by atoms with van der Waals surface area (Å²) in [5.41, 5.74) is 1.61. The van der Waals surface area contributed by atoms with Crippen LogP contribution in [0.3, 0.4) is 0 Å². The van der Waals surface area contributed by atoms with E-state index in [-0.39, 0.29) is 11.7 Å². The van der Waals surface area contributed by atoms with Gasteiger partial charge in [-0.1, -0.05) is 12.1 Å². The molecule has 0 saturated carbocycles. The molecule has 0 bridgehead atoms. The highest BCUT2D eigenvalue weighted by molar-refractivity contribution is 14.1. The van der Waals surface area contributed by atoms with Gasteiger partial charge in [0, 0.05) is 15.9 Å². The van der Waals surface area contributed by atoms with Gasteiger partial charge in [-0.2, -0.15) is 0 Å². The number of amides is 1. The summed E-state index contributed by atoms with van der Waals surface area (Å²) < 4.78 is 23.1. The first-order valence-corrected chi connectivity index (χ1v) is 8.58. The molecule has 6 heteroatoms. The van der Waals surface area contributed by atoms with Crippen LogP contribution in [0.15, 0.2) is 18.2 Å². The number of aryl methyl sites for hydroxylation is 1. The zero-order valence-electron chi connectivity index (χ0n) is 10.5. The highest BCUT2D eigenvalue weighted by atomic mass is 127. The van der Waals surface area contributed by atoms with E-state index >= 15 is 0 Å². The first kappa shape index (κ1) is 15.4.